The highest BCUT2D eigenvalue weighted by atomic mass is 32.1. The van der Waals surface area contributed by atoms with Crippen molar-refractivity contribution >= 4 is 28.5 Å². The van der Waals surface area contributed by atoms with E-state index in [9.17, 15) is 4.79 Å². The summed E-state index contributed by atoms with van der Waals surface area (Å²) >= 11 is 1.66. The molecule has 0 aliphatic rings. The highest BCUT2D eigenvalue weighted by molar-refractivity contribution is 7.11. The lowest BCUT2D eigenvalue weighted by Crippen LogP contribution is -2.03. The maximum atomic E-state index is 11.4. The van der Waals surface area contributed by atoms with E-state index in [0.717, 1.165) is 10.7 Å². The van der Waals surface area contributed by atoms with Gasteiger partial charge in [-0.3, -0.25) is 4.79 Å². The maximum absolute atomic E-state index is 11.4. The van der Waals surface area contributed by atoms with E-state index in [4.69, 9.17) is 5.73 Å². The van der Waals surface area contributed by atoms with E-state index in [1.807, 2.05) is 19.2 Å². The van der Waals surface area contributed by atoms with Gasteiger partial charge in [0.15, 0.2) is 5.78 Å². The molecule has 3 N–H and O–H groups in total. The lowest BCUT2D eigenvalue weighted by molar-refractivity contribution is 0.101. The molecular weight excluding hydrogens is 246 g/mol. The van der Waals surface area contributed by atoms with Crippen molar-refractivity contribution in [2.75, 3.05) is 11.1 Å². The molecule has 4 nitrogen and oxygen atoms in total. The summed E-state index contributed by atoms with van der Waals surface area (Å²) in [6.45, 7) is 4.19. The molecule has 0 unspecified atom stereocenters. The molecule has 0 radical (unpaired) electrons. The van der Waals surface area contributed by atoms with Crippen LogP contribution < -0.4 is 11.1 Å². The van der Waals surface area contributed by atoms with Gasteiger partial charge >= 0.3 is 0 Å². The minimum absolute atomic E-state index is 0.0266. The predicted molar refractivity (Wildman–Crippen MR) is 75.0 cm³/mol. The lowest BCUT2D eigenvalue weighted by atomic mass is 10.1. The van der Waals surface area contributed by atoms with Crippen molar-refractivity contribution in [1.29, 1.82) is 0 Å². The van der Waals surface area contributed by atoms with Gasteiger partial charge in [-0.25, -0.2) is 4.98 Å². The van der Waals surface area contributed by atoms with Gasteiger partial charge in [0.25, 0.3) is 0 Å². The van der Waals surface area contributed by atoms with Crippen LogP contribution in [0.4, 0.5) is 11.4 Å². The van der Waals surface area contributed by atoms with E-state index in [2.05, 4.69) is 10.3 Å². The quantitative estimate of drug-likeness (QED) is 0.656. The lowest BCUT2D eigenvalue weighted by Gasteiger charge is -2.07. The zero-order valence-corrected chi connectivity index (χ0v) is 11.2. The van der Waals surface area contributed by atoms with E-state index < -0.39 is 0 Å². The second-order valence-electron chi connectivity index (χ2n) is 4.08. The van der Waals surface area contributed by atoms with Crippen molar-refractivity contribution < 1.29 is 4.79 Å². The van der Waals surface area contributed by atoms with Gasteiger partial charge in [-0.15, -0.1) is 11.3 Å². The number of hydrogen-bond donors (Lipinski definition) is 2. The first kappa shape index (κ1) is 12.6. The summed E-state index contributed by atoms with van der Waals surface area (Å²) < 4.78 is 0. The normalized spacial score (nSPS) is 10.3. The third-order valence-corrected chi connectivity index (χ3v) is 3.46. The summed E-state index contributed by atoms with van der Waals surface area (Å²) in [5, 5.41) is 4.26. The number of rotatable bonds is 4. The molecule has 0 fully saturated rings. The molecule has 0 aliphatic heterocycles. The Hall–Kier alpha value is -1.88. The van der Waals surface area contributed by atoms with Crippen molar-refractivity contribution in [3.63, 3.8) is 0 Å². The number of benzene rings is 1. The number of nitrogens with one attached hydrogen (secondary N) is 1. The molecule has 0 aliphatic carbocycles. The zero-order chi connectivity index (χ0) is 13.1. The molecule has 94 valence electrons. The van der Waals surface area contributed by atoms with E-state index in [-0.39, 0.29) is 5.78 Å². The van der Waals surface area contributed by atoms with Crippen LogP contribution in [0.1, 0.15) is 27.2 Å². The van der Waals surface area contributed by atoms with Gasteiger partial charge in [0.05, 0.1) is 6.54 Å². The molecule has 0 atom stereocenters. The fourth-order valence-electron chi connectivity index (χ4n) is 1.63. The minimum atomic E-state index is -0.0266. The van der Waals surface area contributed by atoms with E-state index in [0.29, 0.717) is 17.8 Å². The highest BCUT2D eigenvalue weighted by Crippen LogP contribution is 2.20. The van der Waals surface area contributed by atoms with Crippen molar-refractivity contribution in [2.45, 2.75) is 20.4 Å². The van der Waals surface area contributed by atoms with Gasteiger partial charge in [0, 0.05) is 28.0 Å². The number of hydrogen-bond acceptors (Lipinski definition) is 5. The number of nitrogen functional groups attached to an aromatic ring is 1. The van der Waals surface area contributed by atoms with Crippen LogP contribution in [0.15, 0.2) is 24.4 Å². The van der Waals surface area contributed by atoms with Crippen LogP contribution in [0.25, 0.3) is 0 Å². The Morgan fingerprint density at radius 3 is 2.89 bits per heavy atom. The summed E-state index contributed by atoms with van der Waals surface area (Å²) in [5.41, 5.74) is 7.68. The number of carbonyl (C=O) groups excluding carboxylic acids is 1. The third-order valence-electron chi connectivity index (χ3n) is 2.55. The predicted octanol–water partition coefficient (Wildman–Crippen LogP) is 2.85. The van der Waals surface area contributed by atoms with Crippen LogP contribution in [0.5, 0.6) is 0 Å². The summed E-state index contributed by atoms with van der Waals surface area (Å²) in [4.78, 5) is 16.8. The largest absolute Gasteiger partial charge is 0.398 e. The molecule has 1 heterocycles. The number of nitrogens with zero attached hydrogens (tertiary/aromatic N) is 1. The number of aryl methyl sites for hydroxylation is 1. The molecule has 0 amide bonds. The topological polar surface area (TPSA) is 68.0 Å². The summed E-state index contributed by atoms with van der Waals surface area (Å²) in [7, 11) is 0. The second-order valence-corrected chi connectivity index (χ2v) is 5.40. The first-order chi connectivity index (χ1) is 8.56. The maximum Gasteiger partial charge on any atom is 0.161 e. The van der Waals surface area contributed by atoms with E-state index >= 15 is 0 Å². The standard InChI is InChI=1S/C13H15N3OS/c1-8-6-16-13(18-8)7-15-10-3-4-12(14)11(5-10)9(2)17/h3-6,15H,7,14H2,1-2H3. The van der Waals surface area contributed by atoms with Crippen molar-refractivity contribution in [1.82, 2.24) is 4.98 Å². The molecule has 0 spiro atoms. The molecule has 2 rings (SSSR count). The fraction of sp³-hybridized carbons (Fsp3) is 0.231. The van der Waals surface area contributed by atoms with E-state index in [1.54, 1.807) is 23.5 Å². The Labute approximate surface area is 110 Å². The Morgan fingerprint density at radius 2 is 2.28 bits per heavy atom. The second kappa shape index (κ2) is 5.18. The molecule has 0 bridgehead atoms. The first-order valence-electron chi connectivity index (χ1n) is 5.62. The molecule has 0 saturated carbocycles. The number of carbonyl (C=O) groups is 1. The number of aromatic nitrogens is 1. The van der Waals surface area contributed by atoms with Gasteiger partial charge in [0.2, 0.25) is 0 Å². The Bertz CT molecular complexity index is 577. The van der Waals surface area contributed by atoms with Crippen LogP contribution in [0.3, 0.4) is 0 Å². The number of nitrogens with two attached hydrogens (primary N) is 1. The average molecular weight is 261 g/mol. The summed E-state index contributed by atoms with van der Waals surface area (Å²) in [6, 6.07) is 5.38. The summed E-state index contributed by atoms with van der Waals surface area (Å²) in [6.07, 6.45) is 1.85. The third kappa shape index (κ3) is 2.87. The Balaban J connectivity index is 2.10. The molecular formula is C13H15N3OS. The monoisotopic (exact) mass is 261 g/mol. The number of anilines is 2. The van der Waals surface area contributed by atoms with Gasteiger partial charge in [-0.1, -0.05) is 0 Å². The summed E-state index contributed by atoms with van der Waals surface area (Å²) in [5.74, 6) is -0.0266. The minimum Gasteiger partial charge on any atom is -0.398 e. The van der Waals surface area contributed by atoms with Crippen LogP contribution in [0.2, 0.25) is 0 Å². The van der Waals surface area contributed by atoms with Crippen molar-refractivity contribution in [3.05, 3.63) is 39.8 Å². The van der Waals surface area contributed by atoms with Crippen LogP contribution in [-0.4, -0.2) is 10.8 Å². The van der Waals surface area contributed by atoms with Crippen LogP contribution >= 0.6 is 11.3 Å². The number of thiazole rings is 1. The Morgan fingerprint density at radius 1 is 1.50 bits per heavy atom. The highest BCUT2D eigenvalue weighted by Gasteiger charge is 2.06. The molecule has 1 aromatic carbocycles. The van der Waals surface area contributed by atoms with Gasteiger partial charge in [0.1, 0.15) is 5.01 Å². The van der Waals surface area contributed by atoms with Crippen molar-refractivity contribution in [2.24, 2.45) is 0 Å². The molecule has 1 aromatic heterocycles. The van der Waals surface area contributed by atoms with Gasteiger partial charge < -0.3 is 11.1 Å². The molecule has 5 heteroatoms. The fourth-order valence-corrected chi connectivity index (χ4v) is 2.36. The number of Topliss-reactive ketones (excluding diaryl/α,β-unsaturated/α-hetero) is 1. The SMILES string of the molecule is CC(=O)c1cc(NCc2ncc(C)s2)ccc1N. The smallest absolute Gasteiger partial charge is 0.161 e. The van der Waals surface area contributed by atoms with Crippen LogP contribution in [-0.2, 0) is 6.54 Å². The van der Waals surface area contributed by atoms with Gasteiger partial charge in [-0.05, 0) is 32.0 Å². The number of ketones is 1. The zero-order valence-electron chi connectivity index (χ0n) is 10.4. The Kier molecular flexibility index (Phi) is 3.62. The van der Waals surface area contributed by atoms with Gasteiger partial charge in [-0.2, -0.15) is 0 Å². The van der Waals surface area contributed by atoms with E-state index in [1.165, 1.54) is 11.8 Å². The molecule has 18 heavy (non-hydrogen) atoms. The average Bonchev–Trinajstić information content (AvgIpc) is 2.74. The van der Waals surface area contributed by atoms with Crippen LogP contribution in [0, 0.1) is 6.92 Å². The molecule has 0 saturated heterocycles. The molecule has 2 aromatic rings. The van der Waals surface area contributed by atoms with Crippen molar-refractivity contribution in [3.8, 4) is 0 Å². The first-order valence-corrected chi connectivity index (χ1v) is 6.43.